The Balaban J connectivity index is 1.61. The first-order valence-electron chi connectivity index (χ1n) is 10.1. The van der Waals surface area contributed by atoms with Crippen molar-refractivity contribution in [2.24, 2.45) is 4.99 Å². The maximum atomic E-state index is 4.80. The number of pyridine rings is 1. The van der Waals surface area contributed by atoms with Crippen LogP contribution in [0.1, 0.15) is 18.1 Å². The molecule has 3 rings (SSSR count). The van der Waals surface area contributed by atoms with Gasteiger partial charge in [-0.1, -0.05) is 37.3 Å². The number of aliphatic imine (C=N–C) groups is 1. The molecule has 2 aromatic rings. The molecule has 1 aromatic carbocycles. The fraction of sp³-hybridized carbons (Fsp3) is 0.455. The van der Waals surface area contributed by atoms with Crippen LogP contribution in [-0.2, 0) is 13.1 Å². The minimum absolute atomic E-state index is 0.639. The second kappa shape index (κ2) is 10.1. The summed E-state index contributed by atoms with van der Waals surface area (Å²) in [4.78, 5) is 16.3. The van der Waals surface area contributed by atoms with Crippen molar-refractivity contribution in [2.75, 3.05) is 51.7 Å². The van der Waals surface area contributed by atoms with Crippen LogP contribution in [0.5, 0.6) is 0 Å². The molecule has 6 heteroatoms. The Hall–Kier alpha value is -2.60. The number of hydrogen-bond acceptors (Lipinski definition) is 4. The molecule has 0 unspecified atom stereocenters. The quantitative estimate of drug-likeness (QED) is 0.616. The number of hydrogen-bond donors (Lipinski definition) is 1. The standard InChI is InChI=1S/C22H32N6/c1-4-27-12-14-28(15-13-27)21-16-20(10-11-23-21)18-25-22(26(2)3)24-17-19-8-6-5-7-9-19/h5-11,16H,4,12-15,17-18H2,1-3H3,(H,24,25). The van der Waals surface area contributed by atoms with Crippen molar-refractivity contribution >= 4 is 11.8 Å². The van der Waals surface area contributed by atoms with Crippen LogP contribution in [0, 0.1) is 0 Å². The number of guanidine groups is 1. The van der Waals surface area contributed by atoms with E-state index in [2.05, 4.69) is 63.4 Å². The summed E-state index contributed by atoms with van der Waals surface area (Å²) in [7, 11) is 4.03. The molecule has 6 nitrogen and oxygen atoms in total. The molecule has 1 saturated heterocycles. The second-order valence-electron chi connectivity index (χ2n) is 7.32. The lowest BCUT2D eigenvalue weighted by Gasteiger charge is -2.34. The van der Waals surface area contributed by atoms with Crippen LogP contribution in [0.2, 0.25) is 0 Å². The number of rotatable bonds is 6. The Kier molecular flexibility index (Phi) is 7.25. The molecular formula is C22H32N6. The molecule has 0 atom stereocenters. The number of piperazine rings is 1. The van der Waals surface area contributed by atoms with Gasteiger partial charge in [0, 0.05) is 53.0 Å². The zero-order valence-electron chi connectivity index (χ0n) is 17.3. The van der Waals surface area contributed by atoms with Crippen LogP contribution >= 0.6 is 0 Å². The van der Waals surface area contributed by atoms with E-state index in [1.165, 1.54) is 11.1 Å². The molecule has 0 spiro atoms. The molecule has 2 heterocycles. The van der Waals surface area contributed by atoms with Gasteiger partial charge < -0.3 is 20.0 Å². The monoisotopic (exact) mass is 380 g/mol. The molecule has 0 aliphatic carbocycles. The average Bonchev–Trinajstić information content (AvgIpc) is 2.74. The zero-order chi connectivity index (χ0) is 19.8. The maximum Gasteiger partial charge on any atom is 0.194 e. The molecular weight excluding hydrogens is 348 g/mol. The lowest BCUT2D eigenvalue weighted by molar-refractivity contribution is 0.270. The third-order valence-electron chi connectivity index (χ3n) is 5.08. The molecule has 1 aromatic heterocycles. The van der Waals surface area contributed by atoms with Crippen molar-refractivity contribution in [2.45, 2.75) is 20.0 Å². The number of nitrogens with zero attached hydrogens (tertiary/aromatic N) is 5. The van der Waals surface area contributed by atoms with E-state index in [1.54, 1.807) is 0 Å². The first kappa shape index (κ1) is 20.1. The van der Waals surface area contributed by atoms with Crippen molar-refractivity contribution in [3.8, 4) is 0 Å². The minimum Gasteiger partial charge on any atom is -0.354 e. The molecule has 0 bridgehead atoms. The molecule has 28 heavy (non-hydrogen) atoms. The summed E-state index contributed by atoms with van der Waals surface area (Å²) in [5.74, 6) is 1.95. The van der Waals surface area contributed by atoms with Crippen molar-refractivity contribution in [3.63, 3.8) is 0 Å². The van der Waals surface area contributed by atoms with Gasteiger partial charge in [-0.25, -0.2) is 9.98 Å². The van der Waals surface area contributed by atoms with E-state index in [0.717, 1.165) is 51.0 Å². The van der Waals surface area contributed by atoms with Crippen LogP contribution in [0.4, 0.5) is 5.82 Å². The number of likely N-dealkylation sites (N-methyl/N-ethyl adjacent to an activating group) is 1. The average molecular weight is 381 g/mol. The van der Waals surface area contributed by atoms with Gasteiger partial charge in [-0.3, -0.25) is 0 Å². The summed E-state index contributed by atoms with van der Waals surface area (Å²) in [6.45, 7) is 9.04. The Morgan fingerprint density at radius 3 is 2.50 bits per heavy atom. The predicted octanol–water partition coefficient (Wildman–Crippen LogP) is 2.43. The first-order chi connectivity index (χ1) is 13.7. The van der Waals surface area contributed by atoms with E-state index >= 15 is 0 Å². The zero-order valence-corrected chi connectivity index (χ0v) is 17.3. The Morgan fingerprint density at radius 2 is 1.82 bits per heavy atom. The summed E-state index contributed by atoms with van der Waals surface area (Å²) >= 11 is 0. The van der Waals surface area contributed by atoms with Gasteiger partial charge >= 0.3 is 0 Å². The van der Waals surface area contributed by atoms with Gasteiger partial charge in [-0.2, -0.15) is 0 Å². The Bertz CT molecular complexity index is 751. The fourth-order valence-corrected chi connectivity index (χ4v) is 3.32. The molecule has 1 N–H and O–H groups in total. The summed E-state index contributed by atoms with van der Waals surface area (Å²) in [5, 5.41) is 3.44. The van der Waals surface area contributed by atoms with Gasteiger partial charge in [-0.15, -0.1) is 0 Å². The molecule has 1 aliphatic heterocycles. The van der Waals surface area contributed by atoms with Gasteiger partial charge in [0.05, 0.1) is 6.54 Å². The normalized spacial score (nSPS) is 15.5. The lowest BCUT2D eigenvalue weighted by atomic mass is 10.2. The van der Waals surface area contributed by atoms with E-state index in [4.69, 9.17) is 4.99 Å². The van der Waals surface area contributed by atoms with Gasteiger partial charge in [0.25, 0.3) is 0 Å². The highest BCUT2D eigenvalue weighted by Crippen LogP contribution is 2.15. The molecule has 0 radical (unpaired) electrons. The topological polar surface area (TPSA) is 47.0 Å². The second-order valence-corrected chi connectivity index (χ2v) is 7.32. The largest absolute Gasteiger partial charge is 0.354 e. The third-order valence-corrected chi connectivity index (χ3v) is 5.08. The van der Waals surface area contributed by atoms with Crippen molar-refractivity contribution in [3.05, 3.63) is 59.8 Å². The van der Waals surface area contributed by atoms with Crippen LogP contribution in [0.3, 0.4) is 0 Å². The first-order valence-corrected chi connectivity index (χ1v) is 10.1. The van der Waals surface area contributed by atoms with E-state index in [1.807, 2.05) is 31.3 Å². The highest BCUT2D eigenvalue weighted by Gasteiger charge is 2.16. The number of aromatic nitrogens is 1. The number of benzene rings is 1. The van der Waals surface area contributed by atoms with Crippen LogP contribution in [0.15, 0.2) is 53.7 Å². The highest BCUT2D eigenvalue weighted by atomic mass is 15.3. The van der Waals surface area contributed by atoms with Gasteiger partial charge in [-0.05, 0) is 29.8 Å². The van der Waals surface area contributed by atoms with E-state index in [9.17, 15) is 0 Å². The summed E-state index contributed by atoms with van der Waals surface area (Å²) in [5.41, 5.74) is 2.43. The lowest BCUT2D eigenvalue weighted by Crippen LogP contribution is -2.46. The minimum atomic E-state index is 0.639. The van der Waals surface area contributed by atoms with Crippen molar-refractivity contribution < 1.29 is 0 Å². The predicted molar refractivity (Wildman–Crippen MR) is 117 cm³/mol. The van der Waals surface area contributed by atoms with E-state index in [-0.39, 0.29) is 0 Å². The highest BCUT2D eigenvalue weighted by molar-refractivity contribution is 5.79. The van der Waals surface area contributed by atoms with E-state index < -0.39 is 0 Å². The third kappa shape index (κ3) is 5.70. The summed E-state index contributed by atoms with van der Waals surface area (Å²) < 4.78 is 0. The van der Waals surface area contributed by atoms with Gasteiger partial charge in [0.2, 0.25) is 0 Å². The Morgan fingerprint density at radius 1 is 1.07 bits per heavy atom. The van der Waals surface area contributed by atoms with Gasteiger partial charge in [0.1, 0.15) is 5.82 Å². The van der Waals surface area contributed by atoms with Gasteiger partial charge in [0.15, 0.2) is 5.96 Å². The molecule has 1 fully saturated rings. The van der Waals surface area contributed by atoms with Crippen LogP contribution in [-0.4, -0.2) is 67.6 Å². The van der Waals surface area contributed by atoms with Crippen molar-refractivity contribution in [1.82, 2.24) is 20.1 Å². The van der Waals surface area contributed by atoms with Crippen LogP contribution < -0.4 is 10.2 Å². The molecule has 1 aliphatic rings. The van der Waals surface area contributed by atoms with E-state index in [0.29, 0.717) is 6.54 Å². The SMILES string of the molecule is CCN1CCN(c2cc(CN=C(NCc3ccccc3)N(C)C)ccn2)CC1. The van der Waals surface area contributed by atoms with Crippen LogP contribution in [0.25, 0.3) is 0 Å². The number of anilines is 1. The summed E-state index contributed by atoms with van der Waals surface area (Å²) in [6, 6.07) is 14.6. The number of nitrogens with one attached hydrogen (secondary N) is 1. The maximum absolute atomic E-state index is 4.80. The molecule has 0 amide bonds. The summed E-state index contributed by atoms with van der Waals surface area (Å²) in [6.07, 6.45) is 1.90. The smallest absolute Gasteiger partial charge is 0.194 e. The molecule has 0 saturated carbocycles. The fourth-order valence-electron chi connectivity index (χ4n) is 3.32. The van der Waals surface area contributed by atoms with Crippen molar-refractivity contribution in [1.29, 1.82) is 0 Å². The molecule has 150 valence electrons. The Labute approximate surface area is 168 Å².